The molecule has 2 aromatic rings. The van der Waals surface area contributed by atoms with Crippen LogP contribution in [0.4, 0.5) is 9.59 Å². The molecule has 10 nitrogen and oxygen atoms in total. The molecule has 2 atom stereocenters. The minimum atomic E-state index is -0.888. The maximum atomic E-state index is 13.3. The van der Waals surface area contributed by atoms with Gasteiger partial charge in [0.2, 0.25) is 0 Å². The number of carbonyl (C=O) groups excluding carboxylic acids is 3. The minimum absolute atomic E-state index is 0.0988. The summed E-state index contributed by atoms with van der Waals surface area (Å²) in [4.78, 5) is 43.5. The third-order valence-electron chi connectivity index (χ3n) is 6.83. The van der Waals surface area contributed by atoms with E-state index in [0.717, 1.165) is 31.2 Å². The van der Waals surface area contributed by atoms with Crippen LogP contribution in [0, 0.1) is 5.92 Å². The van der Waals surface area contributed by atoms with Crippen LogP contribution in [-0.2, 0) is 20.6 Å². The van der Waals surface area contributed by atoms with E-state index in [2.05, 4.69) is 15.7 Å². The molecule has 1 aliphatic carbocycles. The second-order valence-electron chi connectivity index (χ2n) is 13.1. The second kappa shape index (κ2) is 15.7. The first kappa shape index (κ1) is 33.8. The minimum Gasteiger partial charge on any atom is -0.454 e. The van der Waals surface area contributed by atoms with Crippen LogP contribution in [0.25, 0.3) is 0 Å². The van der Waals surface area contributed by atoms with Crippen molar-refractivity contribution < 1.29 is 28.6 Å². The number of esters is 1. The zero-order valence-corrected chi connectivity index (χ0v) is 26.4. The van der Waals surface area contributed by atoms with Gasteiger partial charge in [-0.15, -0.1) is 0 Å². The monoisotopic (exact) mass is 596 g/mol. The molecule has 0 aliphatic heterocycles. The summed E-state index contributed by atoms with van der Waals surface area (Å²) in [5, 5.41) is 4.71. The van der Waals surface area contributed by atoms with Crippen molar-refractivity contribution in [3.05, 3.63) is 66.0 Å². The molecule has 43 heavy (non-hydrogen) atoms. The Kier molecular flexibility index (Phi) is 12.4. The predicted molar refractivity (Wildman–Crippen MR) is 164 cm³/mol. The van der Waals surface area contributed by atoms with Crippen LogP contribution in [-0.4, -0.2) is 64.6 Å². The van der Waals surface area contributed by atoms with Crippen LogP contribution >= 0.6 is 0 Å². The Hall–Kier alpha value is -3.66. The van der Waals surface area contributed by atoms with Crippen molar-refractivity contribution in [1.82, 2.24) is 20.7 Å². The van der Waals surface area contributed by atoms with Gasteiger partial charge in [0.05, 0.1) is 12.6 Å². The highest BCUT2D eigenvalue weighted by Gasteiger charge is 2.33. The smallest absolute Gasteiger partial charge is 0.422 e. The maximum absolute atomic E-state index is 13.3. The first-order valence-electron chi connectivity index (χ1n) is 15.2. The van der Waals surface area contributed by atoms with E-state index in [1.807, 2.05) is 30.3 Å². The van der Waals surface area contributed by atoms with Gasteiger partial charge < -0.3 is 19.5 Å². The van der Waals surface area contributed by atoms with Gasteiger partial charge in [0.1, 0.15) is 23.0 Å². The molecule has 0 saturated heterocycles. The normalized spacial score (nSPS) is 15.7. The van der Waals surface area contributed by atoms with Gasteiger partial charge in [0, 0.05) is 12.7 Å². The summed E-state index contributed by atoms with van der Waals surface area (Å²) in [7, 11) is 0. The molecule has 2 amide bonds. The number of carbonyl (C=O) groups is 3. The molecule has 2 N–H and O–H groups in total. The van der Waals surface area contributed by atoms with Crippen LogP contribution in [0.2, 0.25) is 0 Å². The summed E-state index contributed by atoms with van der Waals surface area (Å²) in [6, 6.07) is 13.9. The first-order chi connectivity index (χ1) is 20.3. The van der Waals surface area contributed by atoms with Gasteiger partial charge >= 0.3 is 18.2 Å². The summed E-state index contributed by atoms with van der Waals surface area (Å²) >= 11 is 0. The van der Waals surface area contributed by atoms with E-state index in [0.29, 0.717) is 18.9 Å². The number of nitrogens with zero attached hydrogens (tertiary/aromatic N) is 2. The number of hydrazine groups is 1. The topological polar surface area (TPSA) is 119 Å². The molecule has 3 rings (SSSR count). The fourth-order valence-corrected chi connectivity index (χ4v) is 5.02. The van der Waals surface area contributed by atoms with E-state index in [-0.39, 0.29) is 12.2 Å². The van der Waals surface area contributed by atoms with Crippen LogP contribution in [0.1, 0.15) is 89.7 Å². The maximum Gasteiger partial charge on any atom is 0.422 e. The van der Waals surface area contributed by atoms with E-state index in [1.54, 1.807) is 64.8 Å². The molecule has 0 radical (unpaired) electrons. The van der Waals surface area contributed by atoms with Gasteiger partial charge in [-0.25, -0.2) is 24.4 Å². The molecule has 236 valence electrons. The van der Waals surface area contributed by atoms with E-state index >= 15 is 0 Å². The van der Waals surface area contributed by atoms with Gasteiger partial charge in [-0.3, -0.25) is 5.43 Å². The highest BCUT2D eigenvalue weighted by Crippen LogP contribution is 2.25. The van der Waals surface area contributed by atoms with Crippen molar-refractivity contribution >= 4 is 18.2 Å². The Morgan fingerprint density at radius 3 is 2.12 bits per heavy atom. The third-order valence-corrected chi connectivity index (χ3v) is 6.83. The standard InChI is InChI=1S/C33H48N4O6/c1-32(2,3)42-30(39)35-27(21-24-15-9-7-10-16-24)28(41-29(38)26-19-13-14-20-34-26)23-37(22-25-17-11-8-12-18-25)36-31(40)43-33(4,5)6/h7,9-10,13-16,19-20,25,27-28H,8,11-12,17-18,21-23H2,1-6H3,(H,35,39)(H,36,40)/t27-,28-/m0/s1. The number of amides is 2. The lowest BCUT2D eigenvalue weighted by Gasteiger charge is -2.35. The first-order valence-corrected chi connectivity index (χ1v) is 15.2. The van der Waals surface area contributed by atoms with Crippen molar-refractivity contribution in [2.45, 2.75) is 103 Å². The van der Waals surface area contributed by atoms with Crippen molar-refractivity contribution in [1.29, 1.82) is 0 Å². The summed E-state index contributed by atoms with van der Waals surface area (Å²) in [5.74, 6) is -0.285. The van der Waals surface area contributed by atoms with Gasteiger partial charge in [0.15, 0.2) is 0 Å². The molecule has 0 unspecified atom stereocenters. The summed E-state index contributed by atoms with van der Waals surface area (Å²) < 4.78 is 17.2. The summed E-state index contributed by atoms with van der Waals surface area (Å²) in [5.41, 5.74) is 2.54. The number of alkyl carbamates (subject to hydrolysis) is 1. The highest BCUT2D eigenvalue weighted by molar-refractivity contribution is 5.87. The quantitative estimate of drug-likeness (QED) is 0.182. The van der Waals surface area contributed by atoms with Crippen LogP contribution in [0.5, 0.6) is 0 Å². The van der Waals surface area contributed by atoms with Gasteiger partial charge in [-0.05, 0) is 84.4 Å². The van der Waals surface area contributed by atoms with E-state index in [4.69, 9.17) is 14.2 Å². The number of rotatable bonds is 11. The molecule has 0 bridgehead atoms. The van der Waals surface area contributed by atoms with Gasteiger partial charge in [-0.1, -0.05) is 55.7 Å². The Morgan fingerprint density at radius 1 is 0.884 bits per heavy atom. The van der Waals surface area contributed by atoms with E-state index in [9.17, 15) is 14.4 Å². The van der Waals surface area contributed by atoms with Gasteiger partial charge in [-0.2, -0.15) is 0 Å². The molecule has 0 spiro atoms. The van der Waals surface area contributed by atoms with Crippen molar-refractivity contribution in [3.8, 4) is 0 Å². The van der Waals surface area contributed by atoms with Crippen molar-refractivity contribution in [3.63, 3.8) is 0 Å². The lowest BCUT2D eigenvalue weighted by molar-refractivity contribution is -0.0123. The fourth-order valence-electron chi connectivity index (χ4n) is 5.02. The molecule has 10 heteroatoms. The molecule has 1 aromatic carbocycles. The van der Waals surface area contributed by atoms with E-state index in [1.165, 1.54) is 12.6 Å². The molecule has 1 saturated carbocycles. The SMILES string of the molecule is CC(C)(C)OC(=O)N[C@@H](Cc1ccccc1)[C@H](CN(CC1CCCCC1)NC(=O)OC(C)(C)C)OC(=O)c1ccccn1. The Labute approximate surface area is 255 Å². The lowest BCUT2D eigenvalue weighted by atomic mass is 9.89. The predicted octanol–water partition coefficient (Wildman–Crippen LogP) is 6.07. The Balaban J connectivity index is 1.95. The fraction of sp³-hybridized carbons (Fsp3) is 0.576. The average Bonchev–Trinajstić information content (AvgIpc) is 2.92. The second-order valence-corrected chi connectivity index (χ2v) is 13.1. The Morgan fingerprint density at radius 2 is 1.51 bits per heavy atom. The largest absolute Gasteiger partial charge is 0.454 e. The number of pyridine rings is 1. The lowest BCUT2D eigenvalue weighted by Crippen LogP contribution is -2.56. The van der Waals surface area contributed by atoms with Crippen LogP contribution in [0.15, 0.2) is 54.7 Å². The van der Waals surface area contributed by atoms with Crippen LogP contribution < -0.4 is 10.7 Å². The molecule has 1 heterocycles. The van der Waals surface area contributed by atoms with Crippen molar-refractivity contribution in [2.75, 3.05) is 13.1 Å². The van der Waals surface area contributed by atoms with Crippen molar-refractivity contribution in [2.24, 2.45) is 5.92 Å². The summed E-state index contributed by atoms with van der Waals surface area (Å²) in [6.45, 7) is 11.4. The molecule has 1 aromatic heterocycles. The van der Waals surface area contributed by atoms with Crippen LogP contribution in [0.3, 0.4) is 0 Å². The highest BCUT2D eigenvalue weighted by atomic mass is 16.6. The number of hydrogen-bond acceptors (Lipinski definition) is 8. The Bertz CT molecular complexity index is 1160. The zero-order chi connectivity index (χ0) is 31.5. The molecule has 1 aliphatic rings. The number of hydrogen-bond donors (Lipinski definition) is 2. The van der Waals surface area contributed by atoms with E-state index < -0.39 is 41.5 Å². The number of benzene rings is 1. The number of nitrogens with one attached hydrogen (secondary N) is 2. The van der Waals surface area contributed by atoms with Gasteiger partial charge in [0.25, 0.3) is 0 Å². The average molecular weight is 597 g/mol. The number of ether oxygens (including phenoxy) is 3. The molecular formula is C33H48N4O6. The molecular weight excluding hydrogens is 548 g/mol. The third kappa shape index (κ3) is 13.0. The number of aromatic nitrogens is 1. The molecule has 1 fully saturated rings. The summed E-state index contributed by atoms with van der Waals surface area (Å²) in [6.07, 6.45) is 5.27. The zero-order valence-electron chi connectivity index (χ0n) is 26.4.